The van der Waals surface area contributed by atoms with Gasteiger partial charge in [-0.1, -0.05) is 0 Å². The second-order valence-electron chi connectivity index (χ2n) is 2.04. The Balaban J connectivity index is 0. The smallest absolute Gasteiger partial charge is 0.0434 e. The lowest BCUT2D eigenvalue weighted by molar-refractivity contribution is 0.411. The molecule has 1 unspecified atom stereocenters. The molecule has 0 radical (unpaired) electrons. The summed E-state index contributed by atoms with van der Waals surface area (Å²) in [6, 6.07) is 0. The van der Waals surface area contributed by atoms with Crippen molar-refractivity contribution >= 4 is 24.0 Å². The summed E-state index contributed by atoms with van der Waals surface area (Å²) < 4.78 is 0. The molecule has 0 saturated carbocycles. The van der Waals surface area contributed by atoms with Crippen LogP contribution in [0.2, 0.25) is 0 Å². The molecule has 0 heterocycles. The largest absolute Gasteiger partial charge is 0.308 e. The first-order valence-electron chi connectivity index (χ1n) is 2.41. The summed E-state index contributed by atoms with van der Waals surface area (Å²) in [6.45, 7) is 2.95. The van der Waals surface area contributed by atoms with Gasteiger partial charge in [0.05, 0.1) is 0 Å². The van der Waals surface area contributed by atoms with Gasteiger partial charge in [-0.3, -0.25) is 0 Å². The van der Waals surface area contributed by atoms with Gasteiger partial charge in [0.15, 0.2) is 0 Å². The summed E-state index contributed by atoms with van der Waals surface area (Å²) in [5.41, 5.74) is 0. The molecule has 0 aliphatic carbocycles. The van der Waals surface area contributed by atoms with Crippen LogP contribution in [-0.2, 0) is 0 Å². The topological polar surface area (TPSA) is 3.24 Å². The first-order chi connectivity index (χ1) is 3.13. The molecule has 0 N–H and O–H groups in total. The van der Waals surface area contributed by atoms with Gasteiger partial charge in [0.2, 0.25) is 0 Å². The van der Waals surface area contributed by atoms with Gasteiger partial charge in [-0.15, -0.1) is 24.0 Å². The van der Waals surface area contributed by atoms with E-state index in [-0.39, 0.29) is 17.8 Å². The average molecular weight is 158 g/mol. The van der Waals surface area contributed by atoms with Crippen molar-refractivity contribution in [2.24, 2.45) is 0 Å². The van der Waals surface area contributed by atoms with Crippen molar-refractivity contribution in [1.29, 1.82) is 0 Å². The van der Waals surface area contributed by atoms with Gasteiger partial charge < -0.3 is 4.90 Å². The third-order valence-electron chi connectivity index (χ3n) is 0.617. The van der Waals surface area contributed by atoms with Crippen LogP contribution in [0, 0.1) is 0 Å². The molecule has 0 rings (SSSR count). The Kier molecular flexibility index (Phi) is 8.05. The zero-order valence-electron chi connectivity index (χ0n) is 5.52. The van der Waals surface area contributed by atoms with Crippen LogP contribution >= 0.6 is 24.0 Å². The fourth-order valence-electron chi connectivity index (χ4n) is 0.503. The minimum absolute atomic E-state index is 0. The molecule has 1 atom stereocenters. The Morgan fingerprint density at radius 2 is 1.88 bits per heavy atom. The highest BCUT2D eigenvalue weighted by molar-refractivity contribution is 6.20. The van der Waals surface area contributed by atoms with Crippen molar-refractivity contribution < 1.29 is 0 Å². The number of hydrogen-bond acceptors (Lipinski definition) is 1. The van der Waals surface area contributed by atoms with Crippen LogP contribution in [0.15, 0.2) is 0 Å². The van der Waals surface area contributed by atoms with Crippen LogP contribution in [0.5, 0.6) is 0 Å². The van der Waals surface area contributed by atoms with E-state index in [9.17, 15) is 0 Å². The fraction of sp³-hybridized carbons (Fsp3) is 1.00. The van der Waals surface area contributed by atoms with Gasteiger partial charge in [0.25, 0.3) is 0 Å². The van der Waals surface area contributed by atoms with Crippen LogP contribution < -0.4 is 0 Å². The van der Waals surface area contributed by atoms with Crippen molar-refractivity contribution in [3.63, 3.8) is 0 Å². The molecule has 52 valence electrons. The van der Waals surface area contributed by atoms with E-state index in [0.29, 0.717) is 0 Å². The predicted octanol–water partition coefficient (Wildman–Crippen LogP) is 1.60. The quantitative estimate of drug-likeness (QED) is 0.551. The van der Waals surface area contributed by atoms with Gasteiger partial charge in [-0.2, -0.15) is 0 Å². The summed E-state index contributed by atoms with van der Waals surface area (Å²) in [5, 5.41) is 0.273. The van der Waals surface area contributed by atoms with Crippen LogP contribution in [0.25, 0.3) is 0 Å². The lowest BCUT2D eigenvalue weighted by Crippen LogP contribution is -2.19. The molecular weight excluding hydrogens is 145 g/mol. The molecule has 3 heteroatoms. The van der Waals surface area contributed by atoms with Crippen molar-refractivity contribution in [3.05, 3.63) is 0 Å². The molecule has 0 spiro atoms. The van der Waals surface area contributed by atoms with Gasteiger partial charge in [0.1, 0.15) is 0 Å². The average Bonchev–Trinajstić information content (AvgIpc) is 1.27. The second kappa shape index (κ2) is 5.67. The Hall–Kier alpha value is 0.540. The molecule has 8 heavy (non-hydrogen) atoms. The van der Waals surface area contributed by atoms with Crippen molar-refractivity contribution in [1.82, 2.24) is 4.90 Å². The standard InChI is InChI=1S/C5H12ClN.ClH/c1-5(6)4-7(2)3;/h5H,4H2,1-3H3;1H. The molecule has 0 aliphatic heterocycles. The van der Waals surface area contributed by atoms with E-state index in [4.69, 9.17) is 11.6 Å². The van der Waals surface area contributed by atoms with Gasteiger partial charge in [-0.25, -0.2) is 0 Å². The van der Waals surface area contributed by atoms with Gasteiger partial charge in [0, 0.05) is 11.9 Å². The maximum atomic E-state index is 5.63. The Morgan fingerprint density at radius 1 is 1.50 bits per heavy atom. The maximum absolute atomic E-state index is 5.63. The summed E-state index contributed by atoms with van der Waals surface area (Å²) >= 11 is 5.63. The SMILES string of the molecule is CC(Cl)CN(C)C.Cl. The minimum Gasteiger partial charge on any atom is -0.308 e. The maximum Gasteiger partial charge on any atom is 0.0434 e. The normalized spacial score (nSPS) is 13.1. The first-order valence-corrected chi connectivity index (χ1v) is 2.85. The zero-order valence-corrected chi connectivity index (χ0v) is 7.09. The monoisotopic (exact) mass is 157 g/mol. The highest BCUT2D eigenvalue weighted by atomic mass is 35.5. The van der Waals surface area contributed by atoms with E-state index in [1.54, 1.807) is 0 Å². The van der Waals surface area contributed by atoms with E-state index < -0.39 is 0 Å². The molecule has 1 nitrogen and oxygen atoms in total. The van der Waals surface area contributed by atoms with Crippen LogP contribution in [-0.4, -0.2) is 30.9 Å². The third-order valence-corrected chi connectivity index (χ3v) is 0.755. The van der Waals surface area contributed by atoms with E-state index in [1.807, 2.05) is 21.0 Å². The predicted molar refractivity (Wildman–Crippen MR) is 41.1 cm³/mol. The molecule has 0 fully saturated rings. The molecule has 0 aromatic rings. The fourth-order valence-corrected chi connectivity index (χ4v) is 0.779. The highest BCUT2D eigenvalue weighted by Crippen LogP contribution is 1.92. The second-order valence-corrected chi connectivity index (χ2v) is 2.79. The molecule has 0 aromatic carbocycles. The Morgan fingerprint density at radius 3 is 1.88 bits per heavy atom. The van der Waals surface area contributed by atoms with E-state index in [2.05, 4.69) is 4.90 Å². The van der Waals surface area contributed by atoms with Crippen LogP contribution in [0.3, 0.4) is 0 Å². The summed E-state index contributed by atoms with van der Waals surface area (Å²) in [4.78, 5) is 2.07. The lowest BCUT2D eigenvalue weighted by atomic mass is 10.4. The molecular formula is C5H13Cl2N. The summed E-state index contributed by atoms with van der Waals surface area (Å²) in [7, 11) is 4.03. The van der Waals surface area contributed by atoms with Gasteiger partial charge >= 0.3 is 0 Å². The number of nitrogens with zero attached hydrogens (tertiary/aromatic N) is 1. The zero-order chi connectivity index (χ0) is 5.86. The van der Waals surface area contributed by atoms with E-state index in [1.165, 1.54) is 0 Å². The number of hydrogen-bond donors (Lipinski definition) is 0. The van der Waals surface area contributed by atoms with Crippen LogP contribution in [0.1, 0.15) is 6.92 Å². The summed E-state index contributed by atoms with van der Waals surface area (Å²) in [6.07, 6.45) is 0. The van der Waals surface area contributed by atoms with Crippen molar-refractivity contribution in [3.8, 4) is 0 Å². The van der Waals surface area contributed by atoms with E-state index >= 15 is 0 Å². The molecule has 0 amide bonds. The summed E-state index contributed by atoms with van der Waals surface area (Å²) in [5.74, 6) is 0. The Bertz CT molecular complexity index is 39.7. The molecule has 0 bridgehead atoms. The van der Waals surface area contributed by atoms with Crippen molar-refractivity contribution in [2.75, 3.05) is 20.6 Å². The molecule has 0 aromatic heterocycles. The number of alkyl halides is 1. The highest BCUT2D eigenvalue weighted by Gasteiger charge is 1.94. The number of rotatable bonds is 2. The van der Waals surface area contributed by atoms with Gasteiger partial charge in [-0.05, 0) is 21.0 Å². The minimum atomic E-state index is 0. The third kappa shape index (κ3) is 9.74. The van der Waals surface area contributed by atoms with Crippen molar-refractivity contribution in [2.45, 2.75) is 12.3 Å². The lowest BCUT2D eigenvalue weighted by Gasteiger charge is -2.09. The van der Waals surface area contributed by atoms with Crippen LogP contribution in [0.4, 0.5) is 0 Å². The number of halogens is 2. The molecule has 0 aliphatic rings. The Labute approximate surface area is 62.4 Å². The molecule has 0 saturated heterocycles. The first kappa shape index (κ1) is 11.4. The van der Waals surface area contributed by atoms with E-state index in [0.717, 1.165) is 6.54 Å².